The summed E-state index contributed by atoms with van der Waals surface area (Å²) < 4.78 is 28.3. The average Bonchev–Trinajstić information content (AvgIpc) is 3.18. The summed E-state index contributed by atoms with van der Waals surface area (Å²) in [4.78, 5) is 1.36. The number of rotatable bonds is 9. The van der Waals surface area contributed by atoms with Crippen molar-refractivity contribution in [2.45, 2.75) is 24.5 Å². The highest BCUT2D eigenvalue weighted by atomic mass is 32.2. The van der Waals surface area contributed by atoms with Crippen LogP contribution in [0.5, 0.6) is 5.75 Å². The van der Waals surface area contributed by atoms with Gasteiger partial charge >= 0.3 is 0 Å². The van der Waals surface area contributed by atoms with Crippen LogP contribution in [-0.2, 0) is 29.6 Å². The Morgan fingerprint density at radius 3 is 2.30 bits per heavy atom. The van der Waals surface area contributed by atoms with Crippen molar-refractivity contribution in [1.29, 1.82) is 0 Å². The van der Waals surface area contributed by atoms with Crippen molar-refractivity contribution in [3.8, 4) is 5.75 Å². The fraction of sp³-hybridized carbons (Fsp3) is 0.200. The van der Waals surface area contributed by atoms with E-state index in [4.69, 9.17) is 9.88 Å². The normalized spacial score (nSPS) is 11.4. The van der Waals surface area contributed by atoms with Crippen LogP contribution in [0.1, 0.15) is 16.0 Å². The molecule has 0 aliphatic rings. The molecule has 0 saturated heterocycles. The van der Waals surface area contributed by atoms with Gasteiger partial charge in [-0.3, -0.25) is 0 Å². The Balaban J connectivity index is 1.40. The van der Waals surface area contributed by atoms with E-state index in [1.165, 1.54) is 10.4 Å². The van der Waals surface area contributed by atoms with Crippen molar-refractivity contribution in [2.75, 3.05) is 6.54 Å². The van der Waals surface area contributed by atoms with Crippen molar-refractivity contribution in [3.05, 3.63) is 82.0 Å². The first-order chi connectivity index (χ1) is 13.0. The predicted octanol–water partition coefficient (Wildman–Crippen LogP) is 2.28. The molecule has 3 rings (SSSR count). The van der Waals surface area contributed by atoms with Crippen LogP contribution >= 0.6 is 11.3 Å². The summed E-state index contributed by atoms with van der Waals surface area (Å²) in [6.07, 6.45) is 0.868. The van der Waals surface area contributed by atoms with Gasteiger partial charge in [0.1, 0.15) is 18.9 Å². The smallest absolute Gasteiger partial charge is 0.238 e. The third-order valence-corrected chi connectivity index (χ3v) is 5.93. The molecule has 1 heterocycles. The number of ether oxygens (including phenoxy) is 1. The standard InChI is InChI=1S/C20H22N2O3S2/c21-27(23,24)20-9-5-16(6-10-20)11-12-22-14-17-3-7-18(8-4-17)25-15-19-2-1-13-26-19/h1-10,13,22H,11-12,14-15H2,(H2,21,23,24)/p+1. The van der Waals surface area contributed by atoms with Crippen LogP contribution < -0.4 is 15.2 Å². The van der Waals surface area contributed by atoms with Crippen molar-refractivity contribution >= 4 is 21.4 Å². The van der Waals surface area contributed by atoms with Crippen molar-refractivity contribution in [1.82, 2.24) is 0 Å². The molecule has 0 aliphatic heterocycles. The Labute approximate surface area is 163 Å². The van der Waals surface area contributed by atoms with E-state index in [1.807, 2.05) is 35.7 Å². The molecule has 0 radical (unpaired) electrons. The molecule has 1 aromatic heterocycles. The lowest BCUT2D eigenvalue weighted by molar-refractivity contribution is -0.670. The summed E-state index contributed by atoms with van der Waals surface area (Å²) in [5, 5.41) is 9.38. The van der Waals surface area contributed by atoms with E-state index in [9.17, 15) is 8.42 Å². The van der Waals surface area contributed by atoms with Crippen molar-refractivity contribution < 1.29 is 18.5 Å². The first kappa shape index (κ1) is 19.6. The van der Waals surface area contributed by atoms with Crippen LogP contribution in [0, 0.1) is 0 Å². The van der Waals surface area contributed by atoms with Gasteiger partial charge in [0.2, 0.25) is 10.0 Å². The highest BCUT2D eigenvalue weighted by Crippen LogP contribution is 2.16. The maximum atomic E-state index is 11.2. The van der Waals surface area contributed by atoms with E-state index in [1.54, 1.807) is 23.5 Å². The zero-order chi connectivity index (χ0) is 19.1. The third-order valence-electron chi connectivity index (χ3n) is 4.15. The van der Waals surface area contributed by atoms with Crippen LogP contribution in [0.2, 0.25) is 0 Å². The van der Waals surface area contributed by atoms with Gasteiger partial charge in [-0.2, -0.15) is 0 Å². The van der Waals surface area contributed by atoms with Gasteiger partial charge in [0, 0.05) is 16.9 Å². The minimum Gasteiger partial charge on any atom is -0.488 e. The Bertz CT molecular complexity index is 936. The van der Waals surface area contributed by atoms with E-state index < -0.39 is 10.0 Å². The van der Waals surface area contributed by atoms with Gasteiger partial charge < -0.3 is 10.1 Å². The third kappa shape index (κ3) is 6.18. The molecule has 0 atom stereocenters. The molecule has 0 saturated carbocycles. The summed E-state index contributed by atoms with van der Waals surface area (Å²) in [5.41, 5.74) is 2.33. The van der Waals surface area contributed by atoms with Crippen LogP contribution in [0.15, 0.2) is 70.9 Å². The van der Waals surface area contributed by atoms with Gasteiger partial charge in [0.25, 0.3) is 0 Å². The van der Waals surface area contributed by atoms with Gasteiger partial charge in [-0.05, 0) is 53.4 Å². The van der Waals surface area contributed by atoms with Crippen LogP contribution in [0.3, 0.4) is 0 Å². The average molecular weight is 404 g/mol. The maximum absolute atomic E-state index is 11.2. The zero-order valence-electron chi connectivity index (χ0n) is 14.9. The minimum atomic E-state index is -3.62. The van der Waals surface area contributed by atoms with Gasteiger partial charge in [-0.1, -0.05) is 18.2 Å². The summed E-state index contributed by atoms with van der Waals surface area (Å²) in [7, 11) is -3.62. The van der Waals surface area contributed by atoms with Gasteiger partial charge in [-0.25, -0.2) is 13.6 Å². The maximum Gasteiger partial charge on any atom is 0.238 e. The SMILES string of the molecule is NS(=O)(=O)c1ccc(CC[NH2+]Cc2ccc(OCc3cccs3)cc2)cc1. The van der Waals surface area contributed by atoms with E-state index in [0.29, 0.717) is 6.61 Å². The summed E-state index contributed by atoms with van der Waals surface area (Å²) in [5.74, 6) is 0.877. The molecule has 142 valence electrons. The van der Waals surface area contributed by atoms with Crippen molar-refractivity contribution in [2.24, 2.45) is 5.14 Å². The predicted molar refractivity (Wildman–Crippen MR) is 107 cm³/mol. The van der Waals surface area contributed by atoms with Gasteiger partial charge in [0.15, 0.2) is 0 Å². The number of primary sulfonamides is 1. The molecule has 2 aromatic carbocycles. The van der Waals surface area contributed by atoms with E-state index >= 15 is 0 Å². The monoisotopic (exact) mass is 403 g/mol. The summed E-state index contributed by atoms with van der Waals surface area (Å²) in [6.45, 7) is 2.42. The van der Waals surface area contributed by atoms with E-state index in [2.05, 4.69) is 23.5 Å². The molecular formula is C20H23N2O3S2+. The molecule has 4 N–H and O–H groups in total. The van der Waals surface area contributed by atoms with Crippen LogP contribution in [0.4, 0.5) is 0 Å². The molecular weight excluding hydrogens is 380 g/mol. The second kappa shape index (κ2) is 9.14. The topological polar surface area (TPSA) is 86.0 Å². The Morgan fingerprint density at radius 1 is 0.963 bits per heavy atom. The van der Waals surface area contributed by atoms with Crippen molar-refractivity contribution in [3.63, 3.8) is 0 Å². The number of nitrogens with two attached hydrogens (primary N) is 2. The highest BCUT2D eigenvalue weighted by molar-refractivity contribution is 7.89. The highest BCUT2D eigenvalue weighted by Gasteiger charge is 2.07. The number of hydrogen-bond donors (Lipinski definition) is 2. The van der Waals surface area contributed by atoms with E-state index in [-0.39, 0.29) is 4.90 Å². The largest absolute Gasteiger partial charge is 0.488 e. The molecule has 0 bridgehead atoms. The van der Waals surface area contributed by atoms with Crippen LogP contribution in [0.25, 0.3) is 0 Å². The van der Waals surface area contributed by atoms with E-state index in [0.717, 1.165) is 30.8 Å². The van der Waals surface area contributed by atoms with Gasteiger partial charge in [-0.15, -0.1) is 11.3 Å². The minimum absolute atomic E-state index is 0.150. The number of benzene rings is 2. The molecule has 5 nitrogen and oxygen atoms in total. The molecule has 0 unspecified atom stereocenters. The summed E-state index contributed by atoms with van der Waals surface area (Å²) >= 11 is 1.69. The molecule has 0 amide bonds. The number of sulfonamides is 1. The molecule has 3 aromatic rings. The molecule has 0 aliphatic carbocycles. The first-order valence-corrected chi connectivity index (χ1v) is 11.1. The second-order valence-corrected chi connectivity index (χ2v) is 8.83. The summed E-state index contributed by atoms with van der Waals surface area (Å²) in [6, 6.07) is 19.0. The lowest BCUT2D eigenvalue weighted by Crippen LogP contribution is -2.83. The molecule has 0 spiro atoms. The lowest BCUT2D eigenvalue weighted by Gasteiger charge is -2.06. The molecule has 7 heteroatoms. The van der Waals surface area contributed by atoms with Crippen LogP contribution in [-0.4, -0.2) is 15.0 Å². The molecule has 0 fully saturated rings. The Kier molecular flexibility index (Phi) is 6.63. The Hall–Kier alpha value is -2.19. The van der Waals surface area contributed by atoms with Gasteiger partial charge in [0.05, 0.1) is 11.4 Å². The number of thiophene rings is 1. The second-order valence-electron chi connectivity index (χ2n) is 6.23. The number of hydrogen-bond acceptors (Lipinski definition) is 4. The quantitative estimate of drug-likeness (QED) is 0.538. The number of quaternary nitrogens is 1. The molecule has 27 heavy (non-hydrogen) atoms. The lowest BCUT2D eigenvalue weighted by atomic mass is 10.1. The fourth-order valence-corrected chi connectivity index (χ4v) is 3.79. The fourth-order valence-electron chi connectivity index (χ4n) is 2.65. The zero-order valence-corrected chi connectivity index (χ0v) is 16.5. The first-order valence-electron chi connectivity index (χ1n) is 8.68. The Morgan fingerprint density at radius 2 is 1.67 bits per heavy atom.